The quantitative estimate of drug-likeness (QED) is 0.782. The topological polar surface area (TPSA) is 29.1 Å². The molecule has 19 heavy (non-hydrogen) atoms. The Labute approximate surface area is 115 Å². The van der Waals surface area contributed by atoms with Crippen LogP contribution in [0.1, 0.15) is 54.4 Å². The van der Waals surface area contributed by atoms with E-state index in [1.54, 1.807) is 0 Å². The number of benzene rings is 1. The summed E-state index contributed by atoms with van der Waals surface area (Å²) in [5.41, 5.74) is 2.24. The fourth-order valence-corrected chi connectivity index (χ4v) is 3.60. The van der Waals surface area contributed by atoms with Crippen LogP contribution in [0.15, 0.2) is 24.3 Å². The Morgan fingerprint density at radius 3 is 2.84 bits per heavy atom. The maximum atomic E-state index is 12.8. The average Bonchev–Trinajstić information content (AvgIpc) is 2.79. The van der Waals surface area contributed by atoms with Crippen LogP contribution in [0.4, 0.5) is 0 Å². The van der Waals surface area contributed by atoms with Crippen LogP contribution in [0.2, 0.25) is 0 Å². The summed E-state index contributed by atoms with van der Waals surface area (Å²) in [6.07, 6.45) is 8.25. The number of Topliss-reactive ketones (excluding diaryl/α,β-unsaturated/α-hetero) is 1. The molecule has 1 saturated heterocycles. The highest BCUT2D eigenvalue weighted by molar-refractivity contribution is 6.00. The van der Waals surface area contributed by atoms with Crippen LogP contribution in [0.25, 0.3) is 0 Å². The second-order valence-electron chi connectivity index (χ2n) is 5.93. The third-order valence-corrected chi connectivity index (χ3v) is 4.66. The molecule has 102 valence electrons. The van der Waals surface area contributed by atoms with Crippen LogP contribution in [0.3, 0.4) is 0 Å². The highest BCUT2D eigenvalue weighted by Gasteiger charge is 2.31. The summed E-state index contributed by atoms with van der Waals surface area (Å²) in [4.78, 5) is 12.8. The third kappa shape index (κ3) is 2.74. The summed E-state index contributed by atoms with van der Waals surface area (Å²) in [5.74, 6) is 0.578. The van der Waals surface area contributed by atoms with Gasteiger partial charge < -0.3 is 5.32 Å². The first-order chi connectivity index (χ1) is 9.36. The lowest BCUT2D eigenvalue weighted by Crippen LogP contribution is -2.39. The molecule has 1 fully saturated rings. The molecule has 3 rings (SSSR count). The predicted molar refractivity (Wildman–Crippen MR) is 77.5 cm³/mol. The standard InChI is InChI=1S/C17H23NO/c19-17-14-9-4-3-7-13(14)8-6-10-15(17)16-11-2-1-5-12-18-16/h3-4,7,9,15-16,18H,1-2,5-6,8,10-12H2/t15-,16-/m0/s1. The third-order valence-electron chi connectivity index (χ3n) is 4.66. The number of carbonyl (C=O) groups is 1. The maximum absolute atomic E-state index is 12.8. The van der Waals surface area contributed by atoms with Gasteiger partial charge in [-0.1, -0.05) is 37.1 Å². The molecular formula is C17H23NO. The van der Waals surface area contributed by atoms with E-state index in [9.17, 15) is 4.79 Å². The highest BCUT2D eigenvalue weighted by atomic mass is 16.1. The molecule has 0 bridgehead atoms. The van der Waals surface area contributed by atoms with Crippen molar-refractivity contribution in [3.63, 3.8) is 0 Å². The average molecular weight is 257 g/mol. The van der Waals surface area contributed by atoms with Crippen molar-refractivity contribution in [3.8, 4) is 0 Å². The molecule has 1 aromatic carbocycles. The largest absolute Gasteiger partial charge is 0.313 e. The number of ketones is 1. The Bertz CT molecular complexity index is 446. The van der Waals surface area contributed by atoms with Crippen LogP contribution in [-0.2, 0) is 6.42 Å². The van der Waals surface area contributed by atoms with Gasteiger partial charge in [0.05, 0.1) is 0 Å². The molecule has 2 nitrogen and oxygen atoms in total. The zero-order chi connectivity index (χ0) is 13.1. The Kier molecular flexibility index (Phi) is 3.97. The molecule has 0 saturated carbocycles. The van der Waals surface area contributed by atoms with Crippen LogP contribution >= 0.6 is 0 Å². The van der Waals surface area contributed by atoms with E-state index in [0.29, 0.717) is 11.8 Å². The lowest BCUT2D eigenvalue weighted by Gasteiger charge is -2.25. The van der Waals surface area contributed by atoms with Crippen molar-refractivity contribution < 1.29 is 4.79 Å². The number of hydrogen-bond donors (Lipinski definition) is 1. The van der Waals surface area contributed by atoms with E-state index in [1.807, 2.05) is 12.1 Å². The van der Waals surface area contributed by atoms with Crippen molar-refractivity contribution in [2.45, 2.75) is 51.0 Å². The Morgan fingerprint density at radius 1 is 1.00 bits per heavy atom. The molecule has 0 spiro atoms. The van der Waals surface area contributed by atoms with Crippen molar-refractivity contribution >= 4 is 5.78 Å². The minimum absolute atomic E-state index is 0.196. The molecule has 2 heteroatoms. The minimum Gasteiger partial charge on any atom is -0.313 e. The summed E-state index contributed by atoms with van der Waals surface area (Å²) in [7, 11) is 0. The Balaban J connectivity index is 1.84. The van der Waals surface area contributed by atoms with Gasteiger partial charge in [-0.05, 0) is 44.2 Å². The molecule has 0 amide bonds. The first-order valence-corrected chi connectivity index (χ1v) is 7.72. The van der Waals surface area contributed by atoms with Crippen LogP contribution in [-0.4, -0.2) is 18.4 Å². The lowest BCUT2D eigenvalue weighted by molar-refractivity contribution is 0.0881. The van der Waals surface area contributed by atoms with Crippen molar-refractivity contribution in [2.24, 2.45) is 5.92 Å². The Morgan fingerprint density at radius 2 is 1.89 bits per heavy atom. The molecule has 1 aliphatic heterocycles. The van der Waals surface area contributed by atoms with E-state index in [4.69, 9.17) is 0 Å². The van der Waals surface area contributed by atoms with Gasteiger partial charge in [-0.25, -0.2) is 0 Å². The van der Waals surface area contributed by atoms with Gasteiger partial charge in [-0.2, -0.15) is 0 Å². The molecule has 1 aliphatic carbocycles. The van der Waals surface area contributed by atoms with E-state index < -0.39 is 0 Å². The molecule has 1 N–H and O–H groups in total. The number of rotatable bonds is 1. The van der Waals surface area contributed by atoms with E-state index >= 15 is 0 Å². The van der Waals surface area contributed by atoms with Gasteiger partial charge >= 0.3 is 0 Å². The van der Waals surface area contributed by atoms with Gasteiger partial charge in [-0.15, -0.1) is 0 Å². The summed E-state index contributed by atoms with van der Waals surface area (Å²) in [5, 5.41) is 3.62. The summed E-state index contributed by atoms with van der Waals surface area (Å²) < 4.78 is 0. The van der Waals surface area contributed by atoms with Crippen LogP contribution in [0.5, 0.6) is 0 Å². The number of hydrogen-bond acceptors (Lipinski definition) is 2. The van der Waals surface area contributed by atoms with Gasteiger partial charge in [0.1, 0.15) is 0 Å². The predicted octanol–water partition coefficient (Wildman–Crippen LogP) is 3.35. The maximum Gasteiger partial charge on any atom is 0.167 e. The molecule has 1 aromatic rings. The van der Waals surface area contributed by atoms with Crippen molar-refractivity contribution in [3.05, 3.63) is 35.4 Å². The number of carbonyl (C=O) groups excluding carboxylic acids is 1. The van der Waals surface area contributed by atoms with Gasteiger partial charge in [-0.3, -0.25) is 4.79 Å². The fourth-order valence-electron chi connectivity index (χ4n) is 3.60. The Hall–Kier alpha value is -1.15. The number of fused-ring (bicyclic) bond motifs is 1. The smallest absolute Gasteiger partial charge is 0.167 e. The van der Waals surface area contributed by atoms with Crippen LogP contribution < -0.4 is 5.32 Å². The van der Waals surface area contributed by atoms with E-state index in [-0.39, 0.29) is 5.92 Å². The molecule has 1 heterocycles. The lowest BCUT2D eigenvalue weighted by atomic mass is 9.86. The SMILES string of the molecule is O=C1c2ccccc2CCC[C@H]1[C@@H]1CCCCCN1. The molecule has 0 radical (unpaired) electrons. The second kappa shape index (κ2) is 5.87. The van der Waals surface area contributed by atoms with Gasteiger partial charge in [0, 0.05) is 17.5 Å². The summed E-state index contributed by atoms with van der Waals surface area (Å²) in [6.45, 7) is 1.08. The molecule has 2 atom stereocenters. The van der Waals surface area contributed by atoms with E-state index in [2.05, 4.69) is 17.4 Å². The summed E-state index contributed by atoms with van der Waals surface area (Å²) in [6, 6.07) is 8.60. The first kappa shape index (κ1) is 12.9. The molecule has 0 aromatic heterocycles. The highest BCUT2D eigenvalue weighted by Crippen LogP contribution is 2.29. The first-order valence-electron chi connectivity index (χ1n) is 7.72. The van der Waals surface area contributed by atoms with Gasteiger partial charge in [0.15, 0.2) is 5.78 Å². The molecular weight excluding hydrogens is 234 g/mol. The minimum atomic E-state index is 0.196. The molecule has 0 unspecified atom stereocenters. The second-order valence-corrected chi connectivity index (χ2v) is 5.93. The van der Waals surface area contributed by atoms with Gasteiger partial charge in [0.25, 0.3) is 0 Å². The number of nitrogens with one attached hydrogen (secondary N) is 1. The van der Waals surface area contributed by atoms with Crippen molar-refractivity contribution in [1.82, 2.24) is 5.32 Å². The fraction of sp³-hybridized carbons (Fsp3) is 0.588. The summed E-state index contributed by atoms with van der Waals surface area (Å²) >= 11 is 0. The van der Waals surface area contributed by atoms with Crippen molar-refractivity contribution in [2.75, 3.05) is 6.54 Å². The van der Waals surface area contributed by atoms with Gasteiger partial charge in [0.2, 0.25) is 0 Å². The van der Waals surface area contributed by atoms with E-state index in [0.717, 1.165) is 31.4 Å². The zero-order valence-corrected chi connectivity index (χ0v) is 11.5. The van der Waals surface area contributed by atoms with Crippen molar-refractivity contribution in [1.29, 1.82) is 0 Å². The van der Waals surface area contributed by atoms with E-state index in [1.165, 1.54) is 31.2 Å². The normalized spacial score (nSPS) is 28.3. The monoisotopic (exact) mass is 257 g/mol. The number of aryl methyl sites for hydroxylation is 1. The zero-order valence-electron chi connectivity index (χ0n) is 11.5. The van der Waals surface area contributed by atoms with Crippen LogP contribution in [0, 0.1) is 5.92 Å². The molecule has 2 aliphatic rings.